The summed E-state index contributed by atoms with van der Waals surface area (Å²) < 4.78 is 28.7. The number of ether oxygens (including phenoxy) is 1. The van der Waals surface area contributed by atoms with Crippen LogP contribution in [0.25, 0.3) is 0 Å². The fourth-order valence-corrected chi connectivity index (χ4v) is 1.43. The lowest BCUT2D eigenvalue weighted by Crippen LogP contribution is -2.29. The van der Waals surface area contributed by atoms with Crippen molar-refractivity contribution < 1.29 is 13.2 Å². The highest BCUT2D eigenvalue weighted by atomic mass is 32.2. The van der Waals surface area contributed by atoms with Gasteiger partial charge >= 0.3 is 0 Å². The Morgan fingerprint density at radius 3 is 2.38 bits per heavy atom. The highest BCUT2D eigenvalue weighted by Gasteiger charge is 2.09. The summed E-state index contributed by atoms with van der Waals surface area (Å²) in [7, 11) is -1.62. The molecular formula is C10H16N2O3S. The number of benzene rings is 1. The molecule has 90 valence electrons. The molecule has 0 unspecified atom stereocenters. The maximum absolute atomic E-state index is 11.1. The predicted octanol–water partition coefficient (Wildman–Crippen LogP) is 0.539. The zero-order valence-electron chi connectivity index (χ0n) is 9.38. The lowest BCUT2D eigenvalue weighted by atomic mass is 10.3. The Morgan fingerprint density at radius 1 is 1.31 bits per heavy atom. The summed E-state index contributed by atoms with van der Waals surface area (Å²) >= 11 is 0. The zero-order chi connectivity index (χ0) is 12.2. The molecular weight excluding hydrogens is 228 g/mol. The first-order chi connectivity index (χ1) is 7.39. The predicted molar refractivity (Wildman–Crippen MR) is 63.8 cm³/mol. The Bertz CT molecular complexity index is 428. The van der Waals surface area contributed by atoms with Gasteiger partial charge in [0.2, 0.25) is 10.0 Å². The summed E-state index contributed by atoms with van der Waals surface area (Å²) in [6, 6.07) is 6.96. The Morgan fingerprint density at radius 2 is 1.88 bits per heavy atom. The van der Waals surface area contributed by atoms with Crippen molar-refractivity contribution in [3.8, 4) is 5.75 Å². The van der Waals surface area contributed by atoms with Crippen LogP contribution in [0, 0.1) is 0 Å². The van der Waals surface area contributed by atoms with Crippen LogP contribution in [0.15, 0.2) is 24.3 Å². The van der Waals surface area contributed by atoms with Crippen LogP contribution in [-0.4, -0.2) is 39.2 Å². The summed E-state index contributed by atoms with van der Waals surface area (Å²) in [4.78, 5) is 0. The maximum atomic E-state index is 11.1. The van der Waals surface area contributed by atoms with Gasteiger partial charge in [0.25, 0.3) is 0 Å². The lowest BCUT2D eigenvalue weighted by Gasteiger charge is -2.14. The van der Waals surface area contributed by atoms with Crippen molar-refractivity contribution >= 4 is 15.7 Å². The molecule has 16 heavy (non-hydrogen) atoms. The highest BCUT2D eigenvalue weighted by Crippen LogP contribution is 2.12. The zero-order valence-corrected chi connectivity index (χ0v) is 10.2. The number of likely N-dealkylation sites (N-methyl/N-ethyl adjacent to an activating group) is 1. The smallest absolute Gasteiger partial charge is 0.211 e. The third-order valence-electron chi connectivity index (χ3n) is 2.12. The Hall–Kier alpha value is -1.27. The number of rotatable bonds is 5. The lowest BCUT2D eigenvalue weighted by molar-refractivity contribution is 0.287. The van der Waals surface area contributed by atoms with E-state index in [4.69, 9.17) is 10.5 Å². The highest BCUT2D eigenvalue weighted by molar-refractivity contribution is 7.88. The minimum atomic E-state index is -3.13. The van der Waals surface area contributed by atoms with Crippen LogP contribution in [0.3, 0.4) is 0 Å². The van der Waals surface area contributed by atoms with E-state index in [0.29, 0.717) is 24.6 Å². The van der Waals surface area contributed by atoms with Crippen molar-refractivity contribution in [2.24, 2.45) is 0 Å². The van der Waals surface area contributed by atoms with Crippen molar-refractivity contribution in [2.75, 3.05) is 32.2 Å². The molecule has 0 aliphatic heterocycles. The fraction of sp³-hybridized carbons (Fsp3) is 0.400. The van der Waals surface area contributed by atoms with Crippen LogP contribution in [0.1, 0.15) is 0 Å². The van der Waals surface area contributed by atoms with Crippen molar-refractivity contribution in [3.63, 3.8) is 0 Å². The van der Waals surface area contributed by atoms with Crippen molar-refractivity contribution in [1.82, 2.24) is 4.31 Å². The Balaban J connectivity index is 2.39. The molecule has 0 aromatic heterocycles. The number of hydrogen-bond donors (Lipinski definition) is 1. The number of hydrogen-bond acceptors (Lipinski definition) is 4. The van der Waals surface area contributed by atoms with Gasteiger partial charge < -0.3 is 10.5 Å². The number of nitrogen functional groups attached to an aromatic ring is 1. The van der Waals surface area contributed by atoms with Gasteiger partial charge in [0.05, 0.1) is 6.26 Å². The quantitative estimate of drug-likeness (QED) is 0.767. The fourth-order valence-electron chi connectivity index (χ4n) is 1.02. The minimum absolute atomic E-state index is 0.313. The van der Waals surface area contributed by atoms with E-state index in [-0.39, 0.29) is 0 Å². The van der Waals surface area contributed by atoms with Gasteiger partial charge in [0, 0.05) is 19.3 Å². The Kier molecular flexibility index (Phi) is 4.14. The SMILES string of the molecule is CN(CCOc1ccc(N)cc1)S(C)(=O)=O. The first-order valence-corrected chi connectivity index (χ1v) is 6.64. The molecule has 6 heteroatoms. The van der Waals surface area contributed by atoms with Gasteiger partial charge in [0.1, 0.15) is 12.4 Å². The summed E-state index contributed by atoms with van der Waals surface area (Å²) in [6.07, 6.45) is 1.16. The average Bonchev–Trinajstić information content (AvgIpc) is 2.19. The summed E-state index contributed by atoms with van der Waals surface area (Å²) in [5.41, 5.74) is 6.18. The average molecular weight is 244 g/mol. The monoisotopic (exact) mass is 244 g/mol. The van der Waals surface area contributed by atoms with Crippen molar-refractivity contribution in [1.29, 1.82) is 0 Å². The number of anilines is 1. The van der Waals surface area contributed by atoms with E-state index in [2.05, 4.69) is 0 Å². The molecule has 1 rings (SSSR count). The van der Waals surface area contributed by atoms with Gasteiger partial charge in [-0.2, -0.15) is 0 Å². The van der Waals surface area contributed by atoms with Crippen LogP contribution in [0.4, 0.5) is 5.69 Å². The van der Waals surface area contributed by atoms with E-state index in [1.807, 2.05) is 0 Å². The van der Waals surface area contributed by atoms with Gasteiger partial charge in [-0.15, -0.1) is 0 Å². The molecule has 0 saturated heterocycles. The largest absolute Gasteiger partial charge is 0.492 e. The van der Waals surface area contributed by atoms with E-state index in [9.17, 15) is 8.42 Å². The molecule has 0 amide bonds. The molecule has 1 aromatic carbocycles. The van der Waals surface area contributed by atoms with E-state index >= 15 is 0 Å². The second kappa shape index (κ2) is 5.18. The molecule has 0 saturated carbocycles. The van der Waals surface area contributed by atoms with E-state index in [0.717, 1.165) is 6.26 Å². The molecule has 0 aliphatic rings. The molecule has 1 aromatic rings. The van der Waals surface area contributed by atoms with Crippen LogP contribution in [0.2, 0.25) is 0 Å². The normalized spacial score (nSPS) is 11.7. The minimum Gasteiger partial charge on any atom is -0.492 e. The van der Waals surface area contributed by atoms with E-state index < -0.39 is 10.0 Å². The first-order valence-electron chi connectivity index (χ1n) is 4.79. The number of sulfonamides is 1. The van der Waals surface area contributed by atoms with Gasteiger partial charge in [-0.3, -0.25) is 0 Å². The molecule has 0 fully saturated rings. The van der Waals surface area contributed by atoms with Gasteiger partial charge in [-0.25, -0.2) is 12.7 Å². The summed E-state index contributed by atoms with van der Waals surface area (Å²) in [5.74, 6) is 0.677. The molecule has 0 heterocycles. The van der Waals surface area contributed by atoms with Crippen LogP contribution in [-0.2, 0) is 10.0 Å². The van der Waals surface area contributed by atoms with Gasteiger partial charge in [0.15, 0.2) is 0 Å². The molecule has 0 bridgehead atoms. The van der Waals surface area contributed by atoms with Crippen molar-refractivity contribution in [3.05, 3.63) is 24.3 Å². The third-order valence-corrected chi connectivity index (χ3v) is 3.44. The first kappa shape index (κ1) is 12.8. The maximum Gasteiger partial charge on any atom is 0.211 e. The third kappa shape index (κ3) is 4.08. The molecule has 0 aliphatic carbocycles. The molecule has 0 atom stereocenters. The molecule has 5 nitrogen and oxygen atoms in total. The van der Waals surface area contributed by atoms with E-state index in [1.54, 1.807) is 24.3 Å². The van der Waals surface area contributed by atoms with Crippen LogP contribution < -0.4 is 10.5 Å². The number of nitrogens with two attached hydrogens (primary N) is 1. The molecule has 0 spiro atoms. The standard InChI is InChI=1S/C10H16N2O3S/c1-12(16(2,13)14)7-8-15-10-5-3-9(11)4-6-10/h3-6H,7-8,11H2,1-2H3. The summed E-state index contributed by atoms with van der Waals surface area (Å²) in [6.45, 7) is 0.636. The topological polar surface area (TPSA) is 72.6 Å². The van der Waals surface area contributed by atoms with Gasteiger partial charge in [-0.1, -0.05) is 0 Å². The second-order valence-electron chi connectivity index (χ2n) is 3.50. The van der Waals surface area contributed by atoms with Crippen LogP contribution in [0.5, 0.6) is 5.75 Å². The summed E-state index contributed by atoms with van der Waals surface area (Å²) in [5, 5.41) is 0. The number of nitrogens with zero attached hydrogens (tertiary/aromatic N) is 1. The molecule has 0 radical (unpaired) electrons. The van der Waals surface area contributed by atoms with Gasteiger partial charge in [-0.05, 0) is 24.3 Å². The molecule has 2 N–H and O–H groups in total. The van der Waals surface area contributed by atoms with E-state index in [1.165, 1.54) is 11.4 Å². The Labute approximate surface area is 95.9 Å². The van der Waals surface area contributed by atoms with Crippen molar-refractivity contribution in [2.45, 2.75) is 0 Å². The second-order valence-corrected chi connectivity index (χ2v) is 5.59. The van der Waals surface area contributed by atoms with Crippen LogP contribution >= 0.6 is 0 Å².